The Morgan fingerprint density at radius 2 is 1.82 bits per heavy atom. The molecule has 9 nitrogen and oxygen atoms in total. The van der Waals surface area contributed by atoms with Crippen LogP contribution in [0, 0.1) is 6.92 Å². The first kappa shape index (κ1) is 24.2. The number of piperidine rings is 1. The summed E-state index contributed by atoms with van der Waals surface area (Å²) in [6, 6.07) is 6.58. The summed E-state index contributed by atoms with van der Waals surface area (Å²) in [5.41, 5.74) is 14.7. The number of guanidine groups is 2. The van der Waals surface area contributed by atoms with Gasteiger partial charge in [0.25, 0.3) is 0 Å². The second kappa shape index (κ2) is 9.35. The molecule has 3 aliphatic rings. The SMILES string of the molecule is Cc1ccc(N2C(N)=NC(N)=NC23CCCCC3)c(NC2CCN(C(=O)OC(C)(C)C)CC2)c1. The molecule has 2 heterocycles. The molecule has 1 amide bonds. The minimum Gasteiger partial charge on any atom is -0.444 e. The normalized spacial score (nSPS) is 21.2. The van der Waals surface area contributed by atoms with Gasteiger partial charge in [-0.25, -0.2) is 9.79 Å². The van der Waals surface area contributed by atoms with E-state index in [-0.39, 0.29) is 18.1 Å². The lowest BCUT2D eigenvalue weighted by atomic mass is 9.87. The number of amides is 1. The summed E-state index contributed by atoms with van der Waals surface area (Å²) in [6.07, 6.45) is 6.58. The van der Waals surface area contributed by atoms with E-state index in [9.17, 15) is 4.79 Å². The highest BCUT2D eigenvalue weighted by atomic mass is 16.6. The van der Waals surface area contributed by atoms with E-state index in [1.807, 2.05) is 20.8 Å². The van der Waals surface area contributed by atoms with Gasteiger partial charge in [-0.05, 0) is 83.9 Å². The van der Waals surface area contributed by atoms with Crippen molar-refractivity contribution in [3.05, 3.63) is 23.8 Å². The Morgan fingerprint density at radius 1 is 1.15 bits per heavy atom. The van der Waals surface area contributed by atoms with Crippen LogP contribution in [0.1, 0.15) is 71.3 Å². The van der Waals surface area contributed by atoms with E-state index in [1.54, 1.807) is 4.90 Å². The van der Waals surface area contributed by atoms with Crippen LogP contribution in [0.15, 0.2) is 28.2 Å². The van der Waals surface area contributed by atoms with Crippen molar-refractivity contribution in [1.29, 1.82) is 0 Å². The summed E-state index contributed by atoms with van der Waals surface area (Å²) in [5, 5.41) is 3.74. The number of carbonyl (C=O) groups excluding carboxylic acids is 1. The van der Waals surface area contributed by atoms with Gasteiger partial charge in [-0.15, -0.1) is 0 Å². The third-order valence-electron chi connectivity index (χ3n) is 6.75. The number of ether oxygens (including phenoxy) is 1. The summed E-state index contributed by atoms with van der Waals surface area (Å²) >= 11 is 0. The number of likely N-dealkylation sites (tertiary alicyclic amines) is 1. The van der Waals surface area contributed by atoms with Crippen LogP contribution >= 0.6 is 0 Å². The van der Waals surface area contributed by atoms with Gasteiger partial charge in [0.2, 0.25) is 11.9 Å². The second-order valence-electron chi connectivity index (χ2n) is 10.7. The Balaban J connectivity index is 1.53. The third-order valence-corrected chi connectivity index (χ3v) is 6.75. The minimum absolute atomic E-state index is 0.234. The van der Waals surface area contributed by atoms with Crippen LogP contribution in [-0.2, 0) is 4.74 Å². The van der Waals surface area contributed by atoms with Crippen LogP contribution in [0.5, 0.6) is 0 Å². The Morgan fingerprint density at radius 3 is 2.47 bits per heavy atom. The summed E-state index contributed by atoms with van der Waals surface area (Å²) < 4.78 is 5.54. The largest absolute Gasteiger partial charge is 0.444 e. The predicted octanol–water partition coefficient (Wildman–Crippen LogP) is 3.92. The lowest BCUT2D eigenvalue weighted by Gasteiger charge is -2.46. The molecule has 0 unspecified atom stereocenters. The van der Waals surface area contributed by atoms with E-state index in [1.165, 1.54) is 6.42 Å². The molecule has 1 aromatic rings. The van der Waals surface area contributed by atoms with Crippen molar-refractivity contribution < 1.29 is 9.53 Å². The number of aryl methyl sites for hydroxylation is 1. The van der Waals surface area contributed by atoms with E-state index in [2.05, 4.69) is 40.3 Å². The quantitative estimate of drug-likeness (QED) is 0.617. The fraction of sp³-hybridized carbons (Fsp3) is 0.640. The first-order chi connectivity index (χ1) is 16.1. The number of aliphatic imine (C=N–C) groups is 2. The summed E-state index contributed by atoms with van der Waals surface area (Å²) in [5.74, 6) is 0.646. The van der Waals surface area contributed by atoms with Gasteiger partial charge in [0.15, 0.2) is 0 Å². The molecule has 2 aliphatic heterocycles. The zero-order chi connectivity index (χ0) is 24.5. The Kier molecular flexibility index (Phi) is 6.64. The standard InChI is InChI=1S/C25H39N7O2/c1-17-8-9-20(32-22(27)29-21(26)30-25(32)12-6-5-7-13-25)19(16-17)28-18-10-14-31(15-11-18)23(33)34-24(2,3)4/h8-9,16,18,28H,5-7,10-15H2,1-4H3,(H4,26,27,29,30). The molecule has 1 saturated carbocycles. The van der Waals surface area contributed by atoms with Crippen LogP contribution < -0.4 is 21.7 Å². The molecule has 1 aromatic carbocycles. The van der Waals surface area contributed by atoms with Crippen molar-refractivity contribution in [2.75, 3.05) is 23.3 Å². The number of rotatable bonds is 3. The maximum Gasteiger partial charge on any atom is 0.410 e. The number of nitrogens with zero attached hydrogens (tertiary/aromatic N) is 4. The van der Waals surface area contributed by atoms with Gasteiger partial charge in [-0.2, -0.15) is 4.99 Å². The molecule has 1 saturated heterocycles. The maximum atomic E-state index is 12.4. The van der Waals surface area contributed by atoms with Crippen molar-refractivity contribution in [2.24, 2.45) is 21.5 Å². The maximum absolute atomic E-state index is 12.4. The zero-order valence-corrected chi connectivity index (χ0v) is 20.9. The Labute approximate surface area is 202 Å². The van der Waals surface area contributed by atoms with Gasteiger partial charge < -0.3 is 26.4 Å². The number of hydrogen-bond acceptors (Lipinski definition) is 8. The fourth-order valence-electron chi connectivity index (χ4n) is 5.18. The smallest absolute Gasteiger partial charge is 0.410 e. The van der Waals surface area contributed by atoms with Gasteiger partial charge in [-0.3, -0.25) is 4.90 Å². The molecule has 0 bridgehead atoms. The van der Waals surface area contributed by atoms with E-state index < -0.39 is 11.3 Å². The highest BCUT2D eigenvalue weighted by Gasteiger charge is 2.43. The monoisotopic (exact) mass is 469 g/mol. The Hall–Kier alpha value is -2.97. The molecule has 5 N–H and O–H groups in total. The van der Waals surface area contributed by atoms with Crippen molar-refractivity contribution in [3.63, 3.8) is 0 Å². The van der Waals surface area contributed by atoms with E-state index >= 15 is 0 Å². The lowest BCUT2D eigenvalue weighted by Crippen LogP contribution is -2.58. The minimum atomic E-state index is -0.487. The number of anilines is 2. The van der Waals surface area contributed by atoms with Crippen LogP contribution in [0.2, 0.25) is 0 Å². The van der Waals surface area contributed by atoms with Crippen LogP contribution in [-0.4, -0.2) is 53.3 Å². The molecule has 0 aromatic heterocycles. The summed E-state index contributed by atoms with van der Waals surface area (Å²) in [7, 11) is 0. The van der Waals surface area contributed by atoms with Crippen LogP contribution in [0.25, 0.3) is 0 Å². The van der Waals surface area contributed by atoms with Crippen LogP contribution in [0.4, 0.5) is 16.2 Å². The van der Waals surface area contributed by atoms with Gasteiger partial charge >= 0.3 is 6.09 Å². The van der Waals surface area contributed by atoms with Crippen molar-refractivity contribution in [2.45, 2.75) is 89.9 Å². The number of nitrogens with one attached hydrogen (secondary N) is 1. The van der Waals surface area contributed by atoms with Gasteiger partial charge in [0.05, 0.1) is 11.4 Å². The average Bonchev–Trinajstić information content (AvgIpc) is 2.74. The number of carbonyl (C=O) groups is 1. The third kappa shape index (κ3) is 5.23. The zero-order valence-electron chi connectivity index (χ0n) is 20.9. The van der Waals surface area contributed by atoms with Crippen LogP contribution in [0.3, 0.4) is 0 Å². The topological polar surface area (TPSA) is 122 Å². The lowest BCUT2D eigenvalue weighted by molar-refractivity contribution is 0.0210. The molecule has 1 spiro atoms. The summed E-state index contributed by atoms with van der Waals surface area (Å²) in [6.45, 7) is 9.08. The molecule has 1 aliphatic carbocycles. The molecule has 34 heavy (non-hydrogen) atoms. The Bertz CT molecular complexity index is 968. The molecule has 2 fully saturated rings. The number of hydrogen-bond donors (Lipinski definition) is 3. The average molecular weight is 470 g/mol. The molecule has 4 rings (SSSR count). The van der Waals surface area contributed by atoms with Crippen molar-refractivity contribution in [1.82, 2.24) is 4.90 Å². The highest BCUT2D eigenvalue weighted by Crippen LogP contribution is 2.42. The predicted molar refractivity (Wildman–Crippen MR) is 137 cm³/mol. The first-order valence-corrected chi connectivity index (χ1v) is 12.4. The van der Waals surface area contributed by atoms with Gasteiger partial charge in [-0.1, -0.05) is 12.5 Å². The van der Waals surface area contributed by atoms with E-state index in [0.717, 1.165) is 55.5 Å². The summed E-state index contributed by atoms with van der Waals surface area (Å²) in [4.78, 5) is 25.5. The molecule has 186 valence electrons. The van der Waals surface area contributed by atoms with Crippen molar-refractivity contribution >= 4 is 29.4 Å². The van der Waals surface area contributed by atoms with E-state index in [4.69, 9.17) is 21.2 Å². The van der Waals surface area contributed by atoms with Gasteiger partial charge in [0, 0.05) is 19.1 Å². The van der Waals surface area contributed by atoms with Gasteiger partial charge in [0.1, 0.15) is 11.3 Å². The number of nitrogens with two attached hydrogens (primary N) is 2. The van der Waals surface area contributed by atoms with Crippen molar-refractivity contribution in [3.8, 4) is 0 Å². The van der Waals surface area contributed by atoms with E-state index in [0.29, 0.717) is 19.0 Å². The molecular weight excluding hydrogens is 430 g/mol. The molecular formula is C25H39N7O2. The fourth-order valence-corrected chi connectivity index (χ4v) is 5.18. The molecule has 9 heteroatoms. The first-order valence-electron chi connectivity index (χ1n) is 12.4. The molecule has 0 atom stereocenters. The second-order valence-corrected chi connectivity index (χ2v) is 10.7. The highest BCUT2D eigenvalue weighted by molar-refractivity contribution is 6.07. The molecule has 0 radical (unpaired) electrons. The number of benzene rings is 1.